The van der Waals surface area contributed by atoms with Crippen LogP contribution in [0.4, 0.5) is 5.82 Å². The monoisotopic (exact) mass is 300 g/mol. The standard InChI is InChI=1S/C16H20N4O2/c1-10-18-16(22-19-10)12-4-5-17-15(8-12)20-13-2-3-14(20)7-11(6-13)9-21/h4-5,8,11,13-14,21H,2-3,6-7,9H2,1H3/t11?,13-,14+. The van der Waals surface area contributed by atoms with E-state index in [-0.39, 0.29) is 0 Å². The summed E-state index contributed by atoms with van der Waals surface area (Å²) in [5.74, 6) is 2.60. The van der Waals surface area contributed by atoms with Crippen molar-refractivity contribution in [3.05, 3.63) is 24.2 Å². The molecule has 2 saturated heterocycles. The third-order valence-corrected chi connectivity index (χ3v) is 4.87. The second kappa shape index (κ2) is 5.35. The highest BCUT2D eigenvalue weighted by molar-refractivity contribution is 5.59. The van der Waals surface area contributed by atoms with E-state index in [1.54, 1.807) is 0 Å². The van der Waals surface area contributed by atoms with Crippen LogP contribution in [0.1, 0.15) is 31.5 Å². The molecular weight excluding hydrogens is 280 g/mol. The Morgan fingerprint density at radius 1 is 1.32 bits per heavy atom. The first kappa shape index (κ1) is 13.7. The molecule has 0 amide bonds. The van der Waals surface area contributed by atoms with Crippen LogP contribution in [0.25, 0.3) is 11.5 Å². The second-order valence-electron chi connectivity index (χ2n) is 6.36. The van der Waals surface area contributed by atoms with Crippen molar-refractivity contribution < 1.29 is 9.63 Å². The first-order valence-electron chi connectivity index (χ1n) is 7.90. The third-order valence-electron chi connectivity index (χ3n) is 4.87. The maximum atomic E-state index is 9.44. The molecule has 0 aromatic carbocycles. The van der Waals surface area contributed by atoms with E-state index in [0.717, 1.165) is 24.2 Å². The molecule has 1 N–H and O–H groups in total. The van der Waals surface area contributed by atoms with Gasteiger partial charge in [0.05, 0.1) is 0 Å². The lowest BCUT2D eigenvalue weighted by Crippen LogP contribution is -2.44. The summed E-state index contributed by atoms with van der Waals surface area (Å²) < 4.78 is 5.26. The Morgan fingerprint density at radius 2 is 2.09 bits per heavy atom. The molecule has 2 aromatic rings. The molecule has 6 nitrogen and oxygen atoms in total. The Bertz CT molecular complexity index is 658. The minimum atomic E-state index is 0.301. The van der Waals surface area contributed by atoms with Gasteiger partial charge in [0.1, 0.15) is 5.82 Å². The van der Waals surface area contributed by atoms with E-state index < -0.39 is 0 Å². The number of anilines is 1. The molecule has 2 fully saturated rings. The minimum absolute atomic E-state index is 0.301. The van der Waals surface area contributed by atoms with Gasteiger partial charge in [-0.25, -0.2) is 4.98 Å². The SMILES string of the molecule is Cc1noc(-c2ccnc(N3[C@@H]4CC[C@H]3CC(CO)C4)c2)n1. The molecule has 2 bridgehead atoms. The summed E-state index contributed by atoms with van der Waals surface area (Å²) in [5, 5.41) is 13.3. The first-order chi connectivity index (χ1) is 10.7. The van der Waals surface area contributed by atoms with Gasteiger partial charge in [-0.05, 0) is 50.7 Å². The van der Waals surface area contributed by atoms with E-state index in [1.165, 1.54) is 12.8 Å². The summed E-state index contributed by atoms with van der Waals surface area (Å²) in [6.45, 7) is 2.12. The average molecular weight is 300 g/mol. The van der Waals surface area contributed by atoms with Crippen molar-refractivity contribution in [1.82, 2.24) is 15.1 Å². The molecule has 0 spiro atoms. The van der Waals surface area contributed by atoms with Crippen LogP contribution in [0.5, 0.6) is 0 Å². The number of aromatic nitrogens is 3. The summed E-state index contributed by atoms with van der Waals surface area (Å²) in [6.07, 6.45) is 6.29. The van der Waals surface area contributed by atoms with Crippen LogP contribution < -0.4 is 4.90 Å². The van der Waals surface area contributed by atoms with Crippen molar-refractivity contribution in [1.29, 1.82) is 0 Å². The van der Waals surface area contributed by atoms with E-state index in [4.69, 9.17) is 4.52 Å². The lowest BCUT2D eigenvalue weighted by atomic mass is 9.91. The molecule has 116 valence electrons. The Morgan fingerprint density at radius 3 is 2.73 bits per heavy atom. The van der Waals surface area contributed by atoms with Gasteiger partial charge in [0.25, 0.3) is 5.89 Å². The van der Waals surface area contributed by atoms with Crippen LogP contribution in [0.2, 0.25) is 0 Å². The Kier molecular flexibility index (Phi) is 3.33. The second-order valence-corrected chi connectivity index (χ2v) is 6.36. The molecule has 2 aliphatic heterocycles. The van der Waals surface area contributed by atoms with E-state index in [0.29, 0.717) is 36.3 Å². The van der Waals surface area contributed by atoms with Gasteiger partial charge in [-0.2, -0.15) is 4.98 Å². The predicted molar refractivity (Wildman–Crippen MR) is 81.4 cm³/mol. The van der Waals surface area contributed by atoms with Crippen LogP contribution in [-0.4, -0.2) is 38.9 Å². The fourth-order valence-electron chi connectivity index (χ4n) is 3.92. The number of aryl methyl sites for hydroxylation is 1. The highest BCUT2D eigenvalue weighted by Crippen LogP contribution is 2.41. The first-order valence-corrected chi connectivity index (χ1v) is 7.90. The summed E-state index contributed by atoms with van der Waals surface area (Å²) in [5.41, 5.74) is 0.911. The summed E-state index contributed by atoms with van der Waals surface area (Å²) in [7, 11) is 0. The molecule has 0 saturated carbocycles. The van der Waals surface area contributed by atoms with Gasteiger partial charge in [0, 0.05) is 30.5 Å². The van der Waals surface area contributed by atoms with Crippen molar-refractivity contribution in [3.63, 3.8) is 0 Å². The van der Waals surface area contributed by atoms with Crippen molar-refractivity contribution in [2.24, 2.45) is 5.92 Å². The number of rotatable bonds is 3. The smallest absolute Gasteiger partial charge is 0.258 e. The Hall–Kier alpha value is -1.95. The Labute approximate surface area is 129 Å². The zero-order valence-electron chi connectivity index (χ0n) is 12.6. The van der Waals surface area contributed by atoms with Crippen molar-refractivity contribution in [2.45, 2.75) is 44.7 Å². The summed E-state index contributed by atoms with van der Waals surface area (Å²) in [6, 6.07) is 4.92. The van der Waals surface area contributed by atoms with Gasteiger partial charge in [0.2, 0.25) is 0 Å². The fourth-order valence-corrected chi connectivity index (χ4v) is 3.92. The van der Waals surface area contributed by atoms with Crippen LogP contribution in [0.15, 0.2) is 22.9 Å². The molecule has 0 radical (unpaired) electrons. The topological polar surface area (TPSA) is 75.3 Å². The molecule has 3 atom stereocenters. The van der Waals surface area contributed by atoms with Gasteiger partial charge in [-0.3, -0.25) is 0 Å². The van der Waals surface area contributed by atoms with Gasteiger partial charge in [-0.15, -0.1) is 0 Å². The van der Waals surface area contributed by atoms with E-state index in [2.05, 4.69) is 20.0 Å². The van der Waals surface area contributed by atoms with Crippen molar-refractivity contribution >= 4 is 5.82 Å². The van der Waals surface area contributed by atoms with Gasteiger partial charge >= 0.3 is 0 Å². The highest BCUT2D eigenvalue weighted by Gasteiger charge is 2.41. The average Bonchev–Trinajstić information content (AvgIpc) is 3.09. The molecule has 22 heavy (non-hydrogen) atoms. The molecule has 4 rings (SSSR count). The van der Waals surface area contributed by atoms with Crippen LogP contribution in [0.3, 0.4) is 0 Å². The highest BCUT2D eigenvalue weighted by atomic mass is 16.5. The maximum absolute atomic E-state index is 9.44. The van der Waals surface area contributed by atoms with Gasteiger partial charge < -0.3 is 14.5 Å². The number of hydrogen-bond donors (Lipinski definition) is 1. The zero-order chi connectivity index (χ0) is 15.1. The summed E-state index contributed by atoms with van der Waals surface area (Å²) in [4.78, 5) is 11.3. The quantitative estimate of drug-likeness (QED) is 0.936. The van der Waals surface area contributed by atoms with E-state index in [1.807, 2.05) is 25.3 Å². The van der Waals surface area contributed by atoms with E-state index >= 15 is 0 Å². The summed E-state index contributed by atoms with van der Waals surface area (Å²) >= 11 is 0. The normalized spacial score (nSPS) is 27.4. The maximum Gasteiger partial charge on any atom is 0.258 e. The molecule has 1 unspecified atom stereocenters. The zero-order valence-corrected chi connectivity index (χ0v) is 12.6. The number of pyridine rings is 1. The molecular formula is C16H20N4O2. The fraction of sp³-hybridized carbons (Fsp3) is 0.562. The van der Waals surface area contributed by atoms with E-state index in [9.17, 15) is 5.11 Å². The predicted octanol–water partition coefficient (Wildman–Crippen LogP) is 2.18. The van der Waals surface area contributed by atoms with Gasteiger partial charge in [-0.1, -0.05) is 5.16 Å². The molecule has 2 aromatic heterocycles. The lowest BCUT2D eigenvalue weighted by molar-refractivity contribution is 0.185. The van der Waals surface area contributed by atoms with Crippen molar-refractivity contribution in [2.75, 3.05) is 11.5 Å². The lowest BCUT2D eigenvalue weighted by Gasteiger charge is -2.39. The van der Waals surface area contributed by atoms with Crippen LogP contribution in [0, 0.1) is 12.8 Å². The molecule has 2 aliphatic rings. The van der Waals surface area contributed by atoms with Crippen LogP contribution in [-0.2, 0) is 0 Å². The van der Waals surface area contributed by atoms with Crippen LogP contribution >= 0.6 is 0 Å². The minimum Gasteiger partial charge on any atom is -0.396 e. The number of piperidine rings is 1. The third kappa shape index (κ3) is 2.27. The Balaban J connectivity index is 1.64. The number of nitrogens with zero attached hydrogens (tertiary/aromatic N) is 4. The van der Waals surface area contributed by atoms with Crippen molar-refractivity contribution in [3.8, 4) is 11.5 Å². The number of aliphatic hydroxyl groups is 1. The van der Waals surface area contributed by atoms with Gasteiger partial charge in [0.15, 0.2) is 5.82 Å². The number of fused-ring (bicyclic) bond motifs is 2. The molecule has 6 heteroatoms. The number of aliphatic hydroxyl groups excluding tert-OH is 1. The largest absolute Gasteiger partial charge is 0.396 e. The number of hydrogen-bond acceptors (Lipinski definition) is 6. The molecule has 4 heterocycles. The molecule has 0 aliphatic carbocycles.